The summed E-state index contributed by atoms with van der Waals surface area (Å²) in [5.41, 5.74) is 7.00. The number of hydrogen-bond donors (Lipinski definition) is 1. The second kappa shape index (κ2) is 7.49. The molecule has 0 radical (unpaired) electrons. The van der Waals surface area contributed by atoms with E-state index in [4.69, 9.17) is 0 Å². The summed E-state index contributed by atoms with van der Waals surface area (Å²) < 4.78 is 0. The molecule has 0 aliphatic carbocycles. The van der Waals surface area contributed by atoms with Crippen molar-refractivity contribution in [1.29, 1.82) is 0 Å². The van der Waals surface area contributed by atoms with Gasteiger partial charge in [0.05, 0.1) is 5.39 Å². The van der Waals surface area contributed by atoms with Crippen molar-refractivity contribution in [3.05, 3.63) is 96.1 Å². The molecule has 0 atom stereocenters. The molecule has 0 unspecified atom stereocenters. The maximum absolute atomic E-state index is 4.53. The summed E-state index contributed by atoms with van der Waals surface area (Å²) in [6, 6.07) is 27.5. The largest absolute Gasteiger partial charge is 0.340 e. The first kappa shape index (κ1) is 17.6. The summed E-state index contributed by atoms with van der Waals surface area (Å²) in [5.74, 6) is 0.835. The first-order valence-electron chi connectivity index (χ1n) is 9.50. The Balaban J connectivity index is 1.54. The van der Waals surface area contributed by atoms with Gasteiger partial charge in [-0.2, -0.15) is 0 Å². The Labute approximate surface area is 173 Å². The van der Waals surface area contributed by atoms with Crippen LogP contribution < -0.4 is 5.32 Å². The number of aryl methyl sites for hydroxylation is 1. The highest BCUT2D eigenvalue weighted by Gasteiger charge is 2.13. The highest BCUT2D eigenvalue weighted by atomic mass is 32.1. The quantitative estimate of drug-likeness (QED) is 0.354. The molecule has 5 aromatic rings. The van der Waals surface area contributed by atoms with Crippen molar-refractivity contribution < 1.29 is 0 Å². The second-order valence-corrected chi connectivity index (χ2v) is 7.84. The van der Waals surface area contributed by atoms with Gasteiger partial charge in [-0.15, -0.1) is 11.3 Å². The van der Waals surface area contributed by atoms with Crippen LogP contribution in [0.5, 0.6) is 0 Å². The zero-order chi connectivity index (χ0) is 19.6. The van der Waals surface area contributed by atoms with Crippen molar-refractivity contribution in [2.45, 2.75) is 6.92 Å². The molecule has 140 valence electrons. The van der Waals surface area contributed by atoms with Gasteiger partial charge in [-0.05, 0) is 35.7 Å². The zero-order valence-electron chi connectivity index (χ0n) is 16.0. The number of nitrogens with one attached hydrogen (secondary N) is 1. The van der Waals surface area contributed by atoms with Crippen LogP contribution in [-0.4, -0.2) is 9.97 Å². The predicted octanol–water partition coefficient (Wildman–Crippen LogP) is 7.08. The van der Waals surface area contributed by atoms with Gasteiger partial charge in [0, 0.05) is 16.6 Å². The predicted molar refractivity (Wildman–Crippen MR) is 123 cm³/mol. The average Bonchev–Trinajstić information content (AvgIpc) is 3.21. The van der Waals surface area contributed by atoms with E-state index in [1.165, 1.54) is 16.7 Å². The lowest BCUT2D eigenvalue weighted by molar-refractivity contribution is 1.23. The van der Waals surface area contributed by atoms with Crippen LogP contribution in [0.1, 0.15) is 5.56 Å². The van der Waals surface area contributed by atoms with Gasteiger partial charge >= 0.3 is 0 Å². The van der Waals surface area contributed by atoms with Crippen molar-refractivity contribution >= 4 is 33.1 Å². The van der Waals surface area contributed by atoms with Gasteiger partial charge in [-0.3, -0.25) is 0 Å². The molecule has 3 nitrogen and oxygen atoms in total. The molecule has 5 rings (SSSR count). The van der Waals surface area contributed by atoms with Gasteiger partial charge in [0.1, 0.15) is 17.0 Å². The van der Waals surface area contributed by atoms with E-state index >= 15 is 0 Å². The summed E-state index contributed by atoms with van der Waals surface area (Å²) in [4.78, 5) is 9.99. The number of thiophene rings is 1. The van der Waals surface area contributed by atoms with E-state index in [0.29, 0.717) is 0 Å². The van der Waals surface area contributed by atoms with E-state index in [2.05, 4.69) is 100 Å². The van der Waals surface area contributed by atoms with Gasteiger partial charge in [-0.25, -0.2) is 9.97 Å². The fourth-order valence-electron chi connectivity index (χ4n) is 3.43. The maximum Gasteiger partial charge on any atom is 0.143 e. The molecule has 1 N–H and O–H groups in total. The normalized spacial score (nSPS) is 10.9. The molecule has 2 aromatic heterocycles. The molecule has 4 heteroatoms. The molecular formula is C25H19N3S. The van der Waals surface area contributed by atoms with E-state index in [9.17, 15) is 0 Å². The molecule has 3 aromatic carbocycles. The highest BCUT2D eigenvalue weighted by Crippen LogP contribution is 2.38. The van der Waals surface area contributed by atoms with Gasteiger partial charge < -0.3 is 5.32 Å². The summed E-state index contributed by atoms with van der Waals surface area (Å²) in [6.07, 6.45) is 1.62. The van der Waals surface area contributed by atoms with Gasteiger partial charge in [0.25, 0.3) is 0 Å². The monoisotopic (exact) mass is 393 g/mol. The lowest BCUT2D eigenvalue weighted by atomic mass is 10.0. The number of rotatable bonds is 4. The van der Waals surface area contributed by atoms with Crippen LogP contribution in [0, 0.1) is 6.92 Å². The third-order valence-electron chi connectivity index (χ3n) is 4.99. The molecule has 0 aliphatic heterocycles. The number of anilines is 2. The third kappa shape index (κ3) is 3.50. The number of benzene rings is 3. The molecule has 0 fully saturated rings. The first-order chi connectivity index (χ1) is 14.3. The molecule has 0 spiro atoms. The van der Waals surface area contributed by atoms with E-state index in [0.717, 1.165) is 32.8 Å². The molecule has 29 heavy (non-hydrogen) atoms. The minimum absolute atomic E-state index is 0.835. The van der Waals surface area contributed by atoms with Crippen molar-refractivity contribution in [3.8, 4) is 22.3 Å². The molecule has 2 heterocycles. The molecule has 0 saturated carbocycles. The topological polar surface area (TPSA) is 37.8 Å². The smallest absolute Gasteiger partial charge is 0.143 e. The van der Waals surface area contributed by atoms with Gasteiger partial charge in [0.15, 0.2) is 0 Å². The van der Waals surface area contributed by atoms with Crippen LogP contribution in [0.3, 0.4) is 0 Å². The van der Waals surface area contributed by atoms with E-state index in [1.807, 2.05) is 6.07 Å². The van der Waals surface area contributed by atoms with E-state index < -0.39 is 0 Å². The van der Waals surface area contributed by atoms with Crippen LogP contribution in [0.4, 0.5) is 11.5 Å². The molecule has 0 aliphatic rings. The van der Waals surface area contributed by atoms with Crippen molar-refractivity contribution in [2.24, 2.45) is 0 Å². The number of hydrogen-bond acceptors (Lipinski definition) is 4. The fraction of sp³-hybridized carbons (Fsp3) is 0.0400. The summed E-state index contributed by atoms with van der Waals surface area (Å²) in [6.45, 7) is 2.09. The van der Waals surface area contributed by atoms with Crippen LogP contribution >= 0.6 is 11.3 Å². The summed E-state index contributed by atoms with van der Waals surface area (Å²) >= 11 is 1.65. The van der Waals surface area contributed by atoms with Crippen molar-refractivity contribution in [2.75, 3.05) is 5.32 Å². The Morgan fingerprint density at radius 1 is 0.724 bits per heavy atom. The highest BCUT2D eigenvalue weighted by molar-refractivity contribution is 7.17. The van der Waals surface area contributed by atoms with Gasteiger partial charge in [0.2, 0.25) is 0 Å². The van der Waals surface area contributed by atoms with Crippen LogP contribution in [-0.2, 0) is 0 Å². The summed E-state index contributed by atoms with van der Waals surface area (Å²) in [7, 11) is 0. The SMILES string of the molecule is Cc1ccc(Nc2ncnc3scc(-c4ccc(-c5ccccc5)cc4)c23)cc1. The first-order valence-corrected chi connectivity index (χ1v) is 10.4. The third-order valence-corrected chi connectivity index (χ3v) is 5.87. The molecular weight excluding hydrogens is 374 g/mol. The minimum Gasteiger partial charge on any atom is -0.340 e. The number of aromatic nitrogens is 2. The lowest BCUT2D eigenvalue weighted by Gasteiger charge is -2.09. The van der Waals surface area contributed by atoms with E-state index in [-0.39, 0.29) is 0 Å². The van der Waals surface area contributed by atoms with Crippen molar-refractivity contribution in [1.82, 2.24) is 9.97 Å². The average molecular weight is 394 g/mol. The number of nitrogens with zero attached hydrogens (tertiary/aromatic N) is 2. The zero-order valence-corrected chi connectivity index (χ0v) is 16.8. The van der Waals surface area contributed by atoms with Crippen molar-refractivity contribution in [3.63, 3.8) is 0 Å². The summed E-state index contributed by atoms with van der Waals surface area (Å²) in [5, 5.41) is 6.69. The molecule has 0 amide bonds. The maximum atomic E-state index is 4.53. The Kier molecular flexibility index (Phi) is 4.54. The number of fused-ring (bicyclic) bond motifs is 1. The fourth-order valence-corrected chi connectivity index (χ4v) is 4.34. The molecule has 0 saturated heterocycles. The van der Waals surface area contributed by atoms with Gasteiger partial charge in [-0.1, -0.05) is 72.3 Å². The Morgan fingerprint density at radius 2 is 1.41 bits per heavy atom. The Hall–Kier alpha value is -3.50. The Morgan fingerprint density at radius 3 is 2.17 bits per heavy atom. The Bertz CT molecular complexity index is 1260. The lowest BCUT2D eigenvalue weighted by Crippen LogP contribution is -1.95. The standard InChI is InChI=1S/C25H19N3S/c1-17-7-13-21(14-8-17)28-24-23-22(15-29-25(23)27-16-26-24)20-11-9-19(10-12-20)18-5-3-2-4-6-18/h2-16H,1H3,(H,26,27,28). The van der Waals surface area contributed by atoms with Crippen LogP contribution in [0.15, 0.2) is 90.6 Å². The minimum atomic E-state index is 0.835. The van der Waals surface area contributed by atoms with Crippen LogP contribution in [0.25, 0.3) is 32.5 Å². The molecule has 0 bridgehead atoms. The second-order valence-electron chi connectivity index (χ2n) is 6.99. The van der Waals surface area contributed by atoms with E-state index in [1.54, 1.807) is 17.7 Å². The van der Waals surface area contributed by atoms with Crippen LogP contribution in [0.2, 0.25) is 0 Å².